The molecule has 0 spiro atoms. The van der Waals surface area contributed by atoms with Crippen LogP contribution in [-0.2, 0) is 18.3 Å². The number of ether oxygens (including phenoxy) is 2. The van der Waals surface area contributed by atoms with Gasteiger partial charge in [0, 0.05) is 51.9 Å². The summed E-state index contributed by atoms with van der Waals surface area (Å²) in [6, 6.07) is 6.34. The number of benzene rings is 1. The van der Waals surface area contributed by atoms with E-state index in [9.17, 15) is 0 Å². The van der Waals surface area contributed by atoms with E-state index in [2.05, 4.69) is 48.3 Å². The summed E-state index contributed by atoms with van der Waals surface area (Å²) in [5, 5.41) is 8.94. The molecule has 2 aliphatic rings. The van der Waals surface area contributed by atoms with Crippen molar-refractivity contribution in [2.24, 2.45) is 7.05 Å². The van der Waals surface area contributed by atoms with Gasteiger partial charge in [0.05, 0.1) is 36.0 Å². The van der Waals surface area contributed by atoms with Gasteiger partial charge in [-0.15, -0.1) is 5.10 Å². The van der Waals surface area contributed by atoms with E-state index < -0.39 is 0 Å². The topological polar surface area (TPSA) is 81.4 Å². The minimum Gasteiger partial charge on any atom is -0.471 e. The maximum atomic E-state index is 6.10. The van der Waals surface area contributed by atoms with E-state index in [-0.39, 0.29) is 6.10 Å². The van der Waals surface area contributed by atoms with E-state index in [0.717, 1.165) is 62.3 Å². The Morgan fingerprint density at radius 1 is 1.17 bits per heavy atom. The number of anilines is 1. The predicted octanol–water partition coefficient (Wildman–Crippen LogP) is 1.25. The Morgan fingerprint density at radius 3 is 2.83 bits per heavy atom. The molecule has 0 amide bonds. The number of piperazine rings is 1. The molecule has 5 rings (SSSR count). The number of aryl methyl sites for hydroxylation is 1. The van der Waals surface area contributed by atoms with Crippen LogP contribution in [0, 0.1) is 0 Å². The maximum absolute atomic E-state index is 6.10. The highest BCUT2D eigenvalue weighted by molar-refractivity contribution is 5.86. The molecule has 0 aliphatic carbocycles. The monoisotopic (exact) mass is 395 g/mol. The molecule has 2 aliphatic heterocycles. The Morgan fingerprint density at radius 2 is 2.07 bits per heavy atom. The van der Waals surface area contributed by atoms with Crippen molar-refractivity contribution in [1.29, 1.82) is 0 Å². The van der Waals surface area contributed by atoms with E-state index in [1.54, 1.807) is 6.33 Å². The Hall–Kier alpha value is -2.78. The lowest BCUT2D eigenvalue weighted by Crippen LogP contribution is -2.46. The van der Waals surface area contributed by atoms with Crippen LogP contribution in [0.25, 0.3) is 10.9 Å². The minimum atomic E-state index is 0.0711. The van der Waals surface area contributed by atoms with Crippen LogP contribution >= 0.6 is 0 Å². The number of nitrogens with zero attached hydrogens (tertiary/aromatic N) is 7. The van der Waals surface area contributed by atoms with Crippen LogP contribution in [0.1, 0.15) is 12.1 Å². The molecule has 0 saturated carbocycles. The fourth-order valence-corrected chi connectivity index (χ4v) is 3.92. The summed E-state index contributed by atoms with van der Waals surface area (Å²) in [5.41, 5.74) is 3.22. The Labute approximate surface area is 169 Å². The van der Waals surface area contributed by atoms with Gasteiger partial charge in [0.15, 0.2) is 0 Å². The van der Waals surface area contributed by atoms with Crippen LogP contribution in [0.2, 0.25) is 0 Å². The number of hydrogen-bond acceptors (Lipinski definition) is 8. The fourth-order valence-electron chi connectivity index (χ4n) is 3.92. The molecule has 2 saturated heterocycles. The molecule has 3 aromatic rings. The summed E-state index contributed by atoms with van der Waals surface area (Å²) in [7, 11) is 1.94. The first-order valence-corrected chi connectivity index (χ1v) is 10.1. The van der Waals surface area contributed by atoms with E-state index in [1.165, 1.54) is 5.69 Å². The quantitative estimate of drug-likeness (QED) is 0.639. The summed E-state index contributed by atoms with van der Waals surface area (Å²) in [4.78, 5) is 13.6. The number of hydrogen-bond donors (Lipinski definition) is 0. The molecule has 152 valence electrons. The van der Waals surface area contributed by atoms with Crippen molar-refractivity contribution in [3.05, 3.63) is 36.4 Å². The molecule has 0 bridgehead atoms. The minimum absolute atomic E-state index is 0.0711. The van der Waals surface area contributed by atoms with Crippen LogP contribution in [0.4, 0.5) is 5.69 Å². The first kappa shape index (κ1) is 18.3. The van der Waals surface area contributed by atoms with Gasteiger partial charge in [0.2, 0.25) is 5.88 Å². The first-order valence-electron chi connectivity index (χ1n) is 10.1. The average molecular weight is 395 g/mol. The van der Waals surface area contributed by atoms with Crippen molar-refractivity contribution in [3.63, 3.8) is 0 Å². The van der Waals surface area contributed by atoms with E-state index >= 15 is 0 Å². The summed E-state index contributed by atoms with van der Waals surface area (Å²) in [6.45, 7) is 6.19. The van der Waals surface area contributed by atoms with Crippen LogP contribution in [0.5, 0.6) is 5.88 Å². The first-order chi connectivity index (χ1) is 14.3. The summed E-state index contributed by atoms with van der Waals surface area (Å²) >= 11 is 0. The third kappa shape index (κ3) is 3.88. The summed E-state index contributed by atoms with van der Waals surface area (Å²) in [5.74, 6) is 0.648. The second-order valence-corrected chi connectivity index (χ2v) is 7.60. The molecule has 2 aromatic heterocycles. The van der Waals surface area contributed by atoms with Crippen molar-refractivity contribution >= 4 is 16.6 Å². The van der Waals surface area contributed by atoms with Crippen LogP contribution in [0.15, 0.2) is 30.7 Å². The van der Waals surface area contributed by atoms with Gasteiger partial charge in [0.25, 0.3) is 0 Å². The second-order valence-electron chi connectivity index (χ2n) is 7.60. The maximum Gasteiger partial charge on any atom is 0.224 e. The molecule has 9 heteroatoms. The SMILES string of the molecule is Cn1nncc1CN1CCN(c2ccc3ncnc(OC4CCOC4)c3c2)CC1. The van der Waals surface area contributed by atoms with Crippen LogP contribution in [0.3, 0.4) is 0 Å². The Balaban J connectivity index is 1.29. The highest BCUT2D eigenvalue weighted by atomic mass is 16.5. The van der Waals surface area contributed by atoms with Gasteiger partial charge < -0.3 is 14.4 Å². The number of aromatic nitrogens is 5. The van der Waals surface area contributed by atoms with Crippen molar-refractivity contribution in [2.45, 2.75) is 19.1 Å². The zero-order chi connectivity index (χ0) is 19.6. The molecular formula is C20H25N7O2. The van der Waals surface area contributed by atoms with E-state index in [4.69, 9.17) is 9.47 Å². The second kappa shape index (κ2) is 7.92. The third-order valence-corrected chi connectivity index (χ3v) is 5.68. The van der Waals surface area contributed by atoms with Gasteiger partial charge in [-0.2, -0.15) is 0 Å². The highest BCUT2D eigenvalue weighted by Gasteiger charge is 2.21. The summed E-state index contributed by atoms with van der Waals surface area (Å²) in [6.07, 6.45) is 4.38. The third-order valence-electron chi connectivity index (χ3n) is 5.68. The lowest BCUT2D eigenvalue weighted by molar-refractivity contribution is 0.139. The zero-order valence-corrected chi connectivity index (χ0v) is 16.6. The standard InChI is InChI=1S/C20H25N7O2/c1-25-16(11-23-24-25)12-26-5-7-27(8-6-26)15-2-3-19-18(10-15)20(22-14-21-19)29-17-4-9-28-13-17/h2-3,10-11,14,17H,4-9,12-13H2,1H3. The summed E-state index contributed by atoms with van der Waals surface area (Å²) < 4.78 is 13.4. The highest BCUT2D eigenvalue weighted by Crippen LogP contribution is 2.29. The van der Waals surface area contributed by atoms with Gasteiger partial charge >= 0.3 is 0 Å². The molecule has 9 nitrogen and oxygen atoms in total. The van der Waals surface area contributed by atoms with Crippen LogP contribution in [-0.4, -0.2) is 75.4 Å². The van der Waals surface area contributed by atoms with Crippen LogP contribution < -0.4 is 9.64 Å². The molecule has 1 unspecified atom stereocenters. The molecular weight excluding hydrogens is 370 g/mol. The van der Waals surface area contributed by atoms with Crippen molar-refractivity contribution in [2.75, 3.05) is 44.3 Å². The lowest BCUT2D eigenvalue weighted by Gasteiger charge is -2.36. The average Bonchev–Trinajstić information content (AvgIpc) is 3.41. The molecule has 2 fully saturated rings. The van der Waals surface area contributed by atoms with Gasteiger partial charge in [-0.3, -0.25) is 9.58 Å². The Kier molecular flexibility index (Phi) is 4.99. The molecule has 29 heavy (non-hydrogen) atoms. The number of rotatable bonds is 5. The molecule has 1 aromatic carbocycles. The Bertz CT molecular complexity index is 978. The largest absolute Gasteiger partial charge is 0.471 e. The molecule has 0 radical (unpaired) electrons. The number of fused-ring (bicyclic) bond motifs is 1. The van der Waals surface area contributed by atoms with E-state index in [0.29, 0.717) is 12.5 Å². The smallest absolute Gasteiger partial charge is 0.224 e. The van der Waals surface area contributed by atoms with E-state index in [1.807, 2.05) is 17.9 Å². The predicted molar refractivity (Wildman–Crippen MR) is 108 cm³/mol. The van der Waals surface area contributed by atoms with Crippen molar-refractivity contribution in [1.82, 2.24) is 29.9 Å². The van der Waals surface area contributed by atoms with Crippen molar-refractivity contribution < 1.29 is 9.47 Å². The zero-order valence-electron chi connectivity index (χ0n) is 16.6. The molecule has 1 atom stereocenters. The van der Waals surface area contributed by atoms with Gasteiger partial charge in [-0.1, -0.05) is 5.21 Å². The van der Waals surface area contributed by atoms with Gasteiger partial charge in [-0.05, 0) is 18.2 Å². The normalized spacial score (nSPS) is 20.4. The molecule has 4 heterocycles. The van der Waals surface area contributed by atoms with Gasteiger partial charge in [-0.25, -0.2) is 9.97 Å². The lowest BCUT2D eigenvalue weighted by atomic mass is 10.1. The van der Waals surface area contributed by atoms with Gasteiger partial charge in [0.1, 0.15) is 12.4 Å². The fraction of sp³-hybridized carbons (Fsp3) is 0.500. The molecule has 0 N–H and O–H groups in total. The van der Waals surface area contributed by atoms with Crippen molar-refractivity contribution in [3.8, 4) is 5.88 Å².